The van der Waals surface area contributed by atoms with E-state index in [1.165, 1.54) is 6.42 Å². The Morgan fingerprint density at radius 3 is 2.77 bits per heavy atom. The molecule has 0 aromatic heterocycles. The van der Waals surface area contributed by atoms with E-state index in [-0.39, 0.29) is 12.5 Å². The second-order valence-electron chi connectivity index (χ2n) is 7.11. The molecule has 0 heterocycles. The number of hydrogen-bond acceptors (Lipinski definition) is 3. The third-order valence-electron chi connectivity index (χ3n) is 5.24. The van der Waals surface area contributed by atoms with Crippen molar-refractivity contribution in [2.45, 2.75) is 44.6 Å². The number of carboxylic acids is 1. The second kappa shape index (κ2) is 9.15. The van der Waals surface area contributed by atoms with Crippen LogP contribution in [0.2, 0.25) is 0 Å². The molecule has 0 amide bonds. The maximum atomic E-state index is 12.3. The number of unbranched alkanes of at least 4 members (excludes halogenated alkanes) is 1. The zero-order chi connectivity index (χ0) is 18.5. The quantitative estimate of drug-likeness (QED) is 0.444. The molecule has 2 aliphatic rings. The van der Waals surface area contributed by atoms with E-state index >= 15 is 0 Å². The lowest BCUT2D eigenvalue weighted by molar-refractivity contribution is -0.137. The number of rotatable bonds is 9. The van der Waals surface area contributed by atoms with Crippen molar-refractivity contribution in [1.82, 2.24) is 4.72 Å². The summed E-state index contributed by atoms with van der Waals surface area (Å²) < 4.78 is 21.9. The molecule has 1 aromatic carbocycles. The van der Waals surface area contributed by atoms with Crippen molar-refractivity contribution in [2.75, 3.05) is 0 Å². The van der Waals surface area contributed by atoms with Gasteiger partial charge in [-0.1, -0.05) is 28.1 Å². The monoisotopic (exact) mass is 441 g/mol. The fourth-order valence-electron chi connectivity index (χ4n) is 4.13. The Labute approximate surface area is 165 Å². The van der Waals surface area contributed by atoms with Crippen molar-refractivity contribution >= 4 is 33.2 Å². The van der Waals surface area contributed by atoms with Crippen LogP contribution >= 0.6 is 15.9 Å². The van der Waals surface area contributed by atoms with E-state index in [1.54, 1.807) is 12.1 Å². The molecule has 2 fully saturated rings. The molecular weight excluding hydrogens is 418 g/mol. The molecule has 0 aliphatic heterocycles. The summed E-state index contributed by atoms with van der Waals surface area (Å²) in [4.78, 5) is 10.5. The summed E-state index contributed by atoms with van der Waals surface area (Å²) in [5.74, 6) is 1.48. The highest BCUT2D eigenvalue weighted by Crippen LogP contribution is 2.49. The molecule has 2 saturated carbocycles. The molecule has 5 atom stereocenters. The van der Waals surface area contributed by atoms with Gasteiger partial charge in [-0.25, -0.2) is 4.72 Å². The Hall–Kier alpha value is -1.18. The average molecular weight is 442 g/mol. The van der Waals surface area contributed by atoms with Gasteiger partial charge in [-0.2, -0.15) is 4.21 Å². The van der Waals surface area contributed by atoms with Gasteiger partial charge >= 0.3 is 5.97 Å². The minimum atomic E-state index is -1.55. The number of benzene rings is 1. The summed E-state index contributed by atoms with van der Waals surface area (Å²) >= 11 is 1.81. The fourth-order valence-corrected chi connectivity index (χ4v) is 5.25. The van der Waals surface area contributed by atoms with Gasteiger partial charge in [0.1, 0.15) is 5.75 Å². The van der Waals surface area contributed by atoms with E-state index in [0.29, 0.717) is 29.9 Å². The molecule has 142 valence electrons. The van der Waals surface area contributed by atoms with Crippen LogP contribution in [0, 0.1) is 17.8 Å². The molecule has 26 heavy (non-hydrogen) atoms. The minimum absolute atomic E-state index is 0.207. The summed E-state index contributed by atoms with van der Waals surface area (Å²) in [5, 5.41) is 8.67. The van der Waals surface area contributed by atoms with Crippen LogP contribution in [0.3, 0.4) is 0 Å². The first-order valence-electron chi connectivity index (χ1n) is 9.01. The van der Waals surface area contributed by atoms with Gasteiger partial charge in [0.2, 0.25) is 0 Å². The maximum absolute atomic E-state index is 12.3. The number of nitrogens with one attached hydrogen (secondary N) is 1. The highest BCUT2D eigenvalue weighted by Gasteiger charge is 2.45. The minimum Gasteiger partial charge on any atom is -0.481 e. The van der Waals surface area contributed by atoms with Crippen molar-refractivity contribution in [1.29, 1.82) is 0 Å². The Balaban J connectivity index is 1.47. The predicted octanol–water partition coefficient (Wildman–Crippen LogP) is 4.22. The molecule has 3 rings (SSSR count). The summed E-state index contributed by atoms with van der Waals surface area (Å²) in [7, 11) is 0. The first-order chi connectivity index (χ1) is 12.5. The van der Waals surface area contributed by atoms with E-state index in [2.05, 4.69) is 32.8 Å². The van der Waals surface area contributed by atoms with Crippen molar-refractivity contribution in [3.05, 3.63) is 40.9 Å². The molecule has 2 bridgehead atoms. The van der Waals surface area contributed by atoms with E-state index in [4.69, 9.17) is 9.29 Å². The topological polar surface area (TPSA) is 75.6 Å². The van der Waals surface area contributed by atoms with Crippen LogP contribution < -0.4 is 8.91 Å². The maximum Gasteiger partial charge on any atom is 0.303 e. The molecule has 0 spiro atoms. The molecule has 1 aromatic rings. The number of hydrogen-bond donors (Lipinski definition) is 2. The van der Waals surface area contributed by atoms with Gasteiger partial charge in [-0.05, 0) is 74.1 Å². The SMILES string of the molecule is O=C(O)CCCC=C[C@@H]1C[C@H]2CC(NS(=O)Oc3ccc(Br)cc3)[C@@H]1C2. The van der Waals surface area contributed by atoms with Gasteiger partial charge in [0, 0.05) is 16.9 Å². The van der Waals surface area contributed by atoms with Crippen LogP contribution in [0.1, 0.15) is 38.5 Å². The number of aliphatic carboxylic acids is 1. The van der Waals surface area contributed by atoms with Crippen LogP contribution in [-0.4, -0.2) is 21.3 Å². The second-order valence-corrected chi connectivity index (χ2v) is 8.90. The van der Waals surface area contributed by atoms with Crippen molar-refractivity contribution in [3.8, 4) is 5.75 Å². The zero-order valence-electron chi connectivity index (χ0n) is 14.5. The smallest absolute Gasteiger partial charge is 0.303 e. The third-order valence-corrected chi connectivity index (χ3v) is 6.61. The van der Waals surface area contributed by atoms with Crippen molar-refractivity contribution < 1.29 is 18.3 Å². The number of allylic oxidation sites excluding steroid dienone is 2. The lowest BCUT2D eigenvalue weighted by atomic mass is 9.85. The zero-order valence-corrected chi connectivity index (χ0v) is 16.9. The summed E-state index contributed by atoms with van der Waals surface area (Å²) in [6.45, 7) is 0. The van der Waals surface area contributed by atoms with Gasteiger partial charge in [0.05, 0.1) is 0 Å². The van der Waals surface area contributed by atoms with Gasteiger partial charge < -0.3 is 9.29 Å². The Morgan fingerprint density at radius 2 is 2.08 bits per heavy atom. The van der Waals surface area contributed by atoms with E-state index in [0.717, 1.165) is 23.7 Å². The largest absolute Gasteiger partial charge is 0.481 e. The lowest BCUT2D eigenvalue weighted by Crippen LogP contribution is -2.39. The number of halogens is 1. The Morgan fingerprint density at radius 1 is 1.31 bits per heavy atom. The number of carbonyl (C=O) groups is 1. The van der Waals surface area contributed by atoms with Gasteiger partial charge in [0.15, 0.2) is 0 Å². The van der Waals surface area contributed by atoms with E-state index < -0.39 is 17.2 Å². The highest BCUT2D eigenvalue weighted by molar-refractivity contribution is 9.10. The molecule has 2 unspecified atom stereocenters. The van der Waals surface area contributed by atoms with Crippen LogP contribution in [0.5, 0.6) is 5.75 Å². The average Bonchev–Trinajstić information content (AvgIpc) is 3.16. The summed E-state index contributed by atoms with van der Waals surface area (Å²) in [6, 6.07) is 7.49. The van der Waals surface area contributed by atoms with Crippen molar-refractivity contribution in [2.24, 2.45) is 17.8 Å². The first kappa shape index (κ1) is 19.6. The lowest BCUT2D eigenvalue weighted by Gasteiger charge is -2.27. The molecule has 2 N–H and O–H groups in total. The van der Waals surface area contributed by atoms with Crippen molar-refractivity contribution in [3.63, 3.8) is 0 Å². The predicted molar refractivity (Wildman–Crippen MR) is 105 cm³/mol. The molecule has 0 radical (unpaired) electrons. The first-order valence-corrected chi connectivity index (χ1v) is 10.9. The summed E-state index contributed by atoms with van der Waals surface area (Å²) in [5.41, 5.74) is 0. The molecule has 0 saturated heterocycles. The Bertz CT molecular complexity index is 679. The number of fused-ring (bicyclic) bond motifs is 2. The third kappa shape index (κ3) is 5.41. The van der Waals surface area contributed by atoms with E-state index in [9.17, 15) is 9.00 Å². The molecule has 7 heteroatoms. The van der Waals surface area contributed by atoms with Crippen LogP contribution in [0.25, 0.3) is 0 Å². The van der Waals surface area contributed by atoms with Gasteiger partial charge in [-0.15, -0.1) is 0 Å². The van der Waals surface area contributed by atoms with Gasteiger partial charge in [0.25, 0.3) is 11.3 Å². The summed E-state index contributed by atoms with van der Waals surface area (Å²) in [6.07, 6.45) is 9.44. The van der Waals surface area contributed by atoms with Crippen LogP contribution in [0.15, 0.2) is 40.9 Å². The van der Waals surface area contributed by atoms with Crippen LogP contribution in [0.4, 0.5) is 0 Å². The standard InChI is InChI=1S/C19H24BrNO4S/c20-15-6-8-16(9-7-15)25-26(24)21-18-12-13-10-14(17(18)11-13)4-2-1-3-5-19(22)23/h2,4,6-9,13-14,17-18,21H,1,3,5,10-12H2,(H,22,23)/t13-,14-,17-,18?,26?/m1/s1. The normalized spacial score (nSPS) is 28.5. The Kier molecular flexibility index (Phi) is 6.89. The van der Waals surface area contributed by atoms with Gasteiger partial charge in [-0.3, -0.25) is 4.79 Å². The molecule has 5 nitrogen and oxygen atoms in total. The highest BCUT2D eigenvalue weighted by atomic mass is 79.9. The molecule has 2 aliphatic carbocycles. The molecular formula is C19H24BrNO4S. The fraction of sp³-hybridized carbons (Fsp3) is 0.526. The van der Waals surface area contributed by atoms with Crippen LogP contribution in [-0.2, 0) is 16.1 Å². The number of carboxylic acid groups (broad SMARTS) is 1. The van der Waals surface area contributed by atoms with E-state index in [1.807, 2.05) is 12.1 Å².